The summed E-state index contributed by atoms with van der Waals surface area (Å²) >= 11 is 0. The van der Waals surface area contributed by atoms with Crippen LogP contribution >= 0.6 is 0 Å². The Morgan fingerprint density at radius 2 is 1.85 bits per heavy atom. The van der Waals surface area contributed by atoms with E-state index in [1.807, 2.05) is 0 Å². The highest BCUT2D eigenvalue weighted by atomic mass is 15.2. The van der Waals surface area contributed by atoms with Gasteiger partial charge in [-0.3, -0.25) is 4.90 Å². The van der Waals surface area contributed by atoms with Gasteiger partial charge in [-0.2, -0.15) is 0 Å². The van der Waals surface area contributed by atoms with Crippen LogP contribution in [0.25, 0.3) is 0 Å². The number of likely N-dealkylation sites (N-methyl/N-ethyl adjacent to an activating group) is 2. The molecule has 0 saturated heterocycles. The lowest BCUT2D eigenvalue weighted by Crippen LogP contribution is -2.54. The molecule has 1 rings (SSSR count). The van der Waals surface area contributed by atoms with Crippen molar-refractivity contribution in [3.8, 4) is 0 Å². The summed E-state index contributed by atoms with van der Waals surface area (Å²) in [6.07, 6.45) is 8.25. The van der Waals surface area contributed by atoms with Crippen molar-refractivity contribution >= 4 is 0 Å². The van der Waals surface area contributed by atoms with E-state index < -0.39 is 0 Å². The normalized spacial score (nSPS) is 29.1. The van der Waals surface area contributed by atoms with Crippen LogP contribution in [-0.4, -0.2) is 36.6 Å². The molecule has 0 amide bonds. The van der Waals surface area contributed by atoms with Gasteiger partial charge in [-0.1, -0.05) is 40.5 Å². The van der Waals surface area contributed by atoms with Crippen LogP contribution in [-0.2, 0) is 0 Å². The molecule has 1 saturated carbocycles. The fourth-order valence-electron chi connectivity index (χ4n) is 4.03. The molecule has 0 bridgehead atoms. The minimum atomic E-state index is 0.696. The molecular formula is C18H38N2. The van der Waals surface area contributed by atoms with Crippen molar-refractivity contribution in [3.63, 3.8) is 0 Å². The Morgan fingerprint density at radius 1 is 1.15 bits per heavy atom. The van der Waals surface area contributed by atoms with Gasteiger partial charge in [0.15, 0.2) is 0 Å². The van der Waals surface area contributed by atoms with Gasteiger partial charge in [-0.25, -0.2) is 0 Å². The Bertz CT molecular complexity index is 252. The summed E-state index contributed by atoms with van der Waals surface area (Å²) in [7, 11) is 2.36. The Labute approximate surface area is 127 Å². The predicted molar refractivity (Wildman–Crippen MR) is 90.2 cm³/mol. The molecular weight excluding hydrogens is 244 g/mol. The van der Waals surface area contributed by atoms with Crippen LogP contribution in [0.1, 0.15) is 73.1 Å². The molecule has 2 nitrogen and oxygen atoms in total. The highest BCUT2D eigenvalue weighted by Crippen LogP contribution is 2.32. The molecule has 20 heavy (non-hydrogen) atoms. The monoisotopic (exact) mass is 282 g/mol. The third-order valence-electron chi connectivity index (χ3n) is 5.12. The smallest absolute Gasteiger partial charge is 0.0251 e. The molecule has 1 fully saturated rings. The van der Waals surface area contributed by atoms with Crippen molar-refractivity contribution < 1.29 is 0 Å². The molecule has 0 aromatic rings. The largest absolute Gasteiger partial charge is 0.313 e. The molecule has 0 heterocycles. The molecule has 1 aliphatic carbocycles. The standard InChI is InChI=1S/C18H38N2/c1-7-9-16-10-11-17(19-8-2)18(13-16)20(6)15(5)12-14(3)4/h14-19H,7-13H2,1-6H3. The quantitative estimate of drug-likeness (QED) is 0.714. The van der Waals surface area contributed by atoms with Crippen LogP contribution in [0.4, 0.5) is 0 Å². The number of nitrogens with zero attached hydrogens (tertiary/aromatic N) is 1. The second-order valence-electron chi connectivity index (χ2n) is 7.34. The second-order valence-corrected chi connectivity index (χ2v) is 7.34. The lowest BCUT2D eigenvalue weighted by Gasteiger charge is -2.44. The zero-order chi connectivity index (χ0) is 15.1. The first kappa shape index (κ1) is 18.0. The summed E-state index contributed by atoms with van der Waals surface area (Å²) in [5, 5.41) is 3.74. The van der Waals surface area contributed by atoms with Gasteiger partial charge in [0, 0.05) is 18.1 Å². The van der Waals surface area contributed by atoms with Crippen LogP contribution in [0.2, 0.25) is 0 Å². The van der Waals surface area contributed by atoms with Gasteiger partial charge in [0.05, 0.1) is 0 Å². The van der Waals surface area contributed by atoms with Crippen LogP contribution in [0.5, 0.6) is 0 Å². The second kappa shape index (κ2) is 9.04. The number of hydrogen-bond acceptors (Lipinski definition) is 2. The summed E-state index contributed by atoms with van der Waals surface area (Å²) in [5.74, 6) is 1.74. The maximum atomic E-state index is 3.74. The summed E-state index contributed by atoms with van der Waals surface area (Å²) in [6, 6.07) is 2.13. The molecule has 4 atom stereocenters. The summed E-state index contributed by atoms with van der Waals surface area (Å²) in [4.78, 5) is 2.68. The SMILES string of the molecule is CCCC1CCC(NCC)C(N(C)C(C)CC(C)C)C1. The maximum Gasteiger partial charge on any atom is 0.0251 e. The molecule has 0 aromatic heterocycles. The van der Waals surface area contributed by atoms with E-state index in [-0.39, 0.29) is 0 Å². The zero-order valence-electron chi connectivity index (χ0n) is 14.8. The highest BCUT2D eigenvalue weighted by Gasteiger charge is 2.33. The van der Waals surface area contributed by atoms with Crippen LogP contribution in [0.15, 0.2) is 0 Å². The van der Waals surface area contributed by atoms with Crippen molar-refractivity contribution in [2.45, 2.75) is 91.3 Å². The van der Waals surface area contributed by atoms with Crippen molar-refractivity contribution in [2.75, 3.05) is 13.6 Å². The molecule has 4 unspecified atom stereocenters. The van der Waals surface area contributed by atoms with Gasteiger partial charge in [0.25, 0.3) is 0 Å². The molecule has 1 N–H and O–H groups in total. The lowest BCUT2D eigenvalue weighted by atomic mass is 9.79. The molecule has 1 aliphatic rings. The average molecular weight is 283 g/mol. The van der Waals surface area contributed by atoms with E-state index in [0.29, 0.717) is 12.1 Å². The molecule has 0 spiro atoms. The number of hydrogen-bond donors (Lipinski definition) is 1. The van der Waals surface area contributed by atoms with Crippen LogP contribution < -0.4 is 5.32 Å². The fraction of sp³-hybridized carbons (Fsp3) is 1.00. The maximum absolute atomic E-state index is 3.74. The third-order valence-corrected chi connectivity index (χ3v) is 5.12. The Hall–Kier alpha value is -0.0800. The van der Waals surface area contributed by atoms with Gasteiger partial charge < -0.3 is 5.32 Å². The Balaban J connectivity index is 2.66. The number of nitrogens with one attached hydrogen (secondary N) is 1. The zero-order valence-corrected chi connectivity index (χ0v) is 14.8. The van der Waals surface area contributed by atoms with Gasteiger partial charge in [-0.15, -0.1) is 0 Å². The summed E-state index contributed by atoms with van der Waals surface area (Å²) < 4.78 is 0. The highest BCUT2D eigenvalue weighted by molar-refractivity contribution is 4.91. The van der Waals surface area contributed by atoms with E-state index >= 15 is 0 Å². The van der Waals surface area contributed by atoms with E-state index in [2.05, 4.69) is 51.9 Å². The van der Waals surface area contributed by atoms with Crippen molar-refractivity contribution in [2.24, 2.45) is 11.8 Å². The van der Waals surface area contributed by atoms with Gasteiger partial charge in [0.1, 0.15) is 0 Å². The topological polar surface area (TPSA) is 15.3 Å². The van der Waals surface area contributed by atoms with E-state index in [9.17, 15) is 0 Å². The molecule has 2 heteroatoms. The van der Waals surface area contributed by atoms with Crippen molar-refractivity contribution in [3.05, 3.63) is 0 Å². The first-order valence-corrected chi connectivity index (χ1v) is 8.94. The fourth-order valence-corrected chi connectivity index (χ4v) is 4.03. The Morgan fingerprint density at radius 3 is 2.40 bits per heavy atom. The lowest BCUT2D eigenvalue weighted by molar-refractivity contribution is 0.0796. The minimum Gasteiger partial charge on any atom is -0.313 e. The number of rotatable bonds is 8. The van der Waals surface area contributed by atoms with Crippen LogP contribution in [0, 0.1) is 11.8 Å². The third kappa shape index (κ3) is 5.37. The van der Waals surface area contributed by atoms with Crippen LogP contribution in [0.3, 0.4) is 0 Å². The van der Waals surface area contributed by atoms with Crippen molar-refractivity contribution in [1.82, 2.24) is 10.2 Å². The first-order chi connectivity index (χ1) is 9.49. The Kier molecular flexibility index (Phi) is 8.13. The van der Waals surface area contributed by atoms with Gasteiger partial charge >= 0.3 is 0 Å². The first-order valence-electron chi connectivity index (χ1n) is 8.94. The molecule has 0 aliphatic heterocycles. The average Bonchev–Trinajstić information content (AvgIpc) is 2.39. The molecule has 120 valence electrons. The van der Waals surface area contributed by atoms with Crippen molar-refractivity contribution in [1.29, 1.82) is 0 Å². The molecule has 0 aromatic carbocycles. The van der Waals surface area contributed by atoms with E-state index in [1.54, 1.807) is 0 Å². The van der Waals surface area contributed by atoms with Gasteiger partial charge in [-0.05, 0) is 58.0 Å². The van der Waals surface area contributed by atoms with Gasteiger partial charge in [0.2, 0.25) is 0 Å². The van der Waals surface area contributed by atoms with E-state index in [0.717, 1.165) is 24.4 Å². The predicted octanol–water partition coefficient (Wildman–Crippen LogP) is 4.30. The van der Waals surface area contributed by atoms with E-state index in [1.165, 1.54) is 38.5 Å². The summed E-state index contributed by atoms with van der Waals surface area (Å²) in [6.45, 7) is 12.8. The van der Waals surface area contributed by atoms with E-state index in [4.69, 9.17) is 0 Å². The minimum absolute atomic E-state index is 0.696. The molecule has 0 radical (unpaired) electrons. The summed E-state index contributed by atoms with van der Waals surface area (Å²) in [5.41, 5.74) is 0.